The summed E-state index contributed by atoms with van der Waals surface area (Å²) < 4.78 is 42.3. The van der Waals surface area contributed by atoms with Crippen LogP contribution < -0.4 is 14.2 Å². The van der Waals surface area contributed by atoms with Gasteiger partial charge >= 0.3 is 0 Å². The Labute approximate surface area is 264 Å². The highest BCUT2D eigenvalue weighted by Crippen LogP contribution is 2.31. The number of aryl methyl sites for hydroxylation is 1. The summed E-state index contributed by atoms with van der Waals surface area (Å²) in [6.07, 6.45) is 2.49. The Hall–Kier alpha value is -4.39. The lowest BCUT2D eigenvalue weighted by Crippen LogP contribution is -2.49. The molecule has 0 bridgehead atoms. The first-order valence-electron chi connectivity index (χ1n) is 14.8. The predicted octanol–water partition coefficient (Wildman–Crippen LogP) is 4.37. The molecule has 11 nitrogen and oxygen atoms in total. The van der Waals surface area contributed by atoms with E-state index in [0.29, 0.717) is 25.4 Å². The lowest BCUT2D eigenvalue weighted by atomic mass is 9.99. The second-order valence-electron chi connectivity index (χ2n) is 11.6. The van der Waals surface area contributed by atoms with Gasteiger partial charge in [-0.15, -0.1) is 0 Å². The molecule has 0 saturated heterocycles. The molecule has 0 fully saturated rings. The van der Waals surface area contributed by atoms with Gasteiger partial charge in [0.25, 0.3) is 15.9 Å². The third-order valence-electron chi connectivity index (χ3n) is 7.72. The number of carbonyl (C=O) groups is 1. The summed E-state index contributed by atoms with van der Waals surface area (Å²) >= 11 is 0. The molecule has 45 heavy (non-hydrogen) atoms. The predicted molar refractivity (Wildman–Crippen MR) is 171 cm³/mol. The minimum Gasteiger partial charge on any atom is -0.488 e. The van der Waals surface area contributed by atoms with Crippen LogP contribution in [0.25, 0.3) is 0 Å². The molecule has 1 amide bonds. The lowest BCUT2D eigenvalue weighted by Gasteiger charge is -2.38. The van der Waals surface area contributed by atoms with Gasteiger partial charge in [0.2, 0.25) is 0 Å². The van der Waals surface area contributed by atoms with Gasteiger partial charge in [-0.1, -0.05) is 37.3 Å². The van der Waals surface area contributed by atoms with Crippen LogP contribution in [0.3, 0.4) is 0 Å². The monoisotopic (exact) mass is 633 g/mol. The van der Waals surface area contributed by atoms with E-state index < -0.39 is 16.1 Å². The minimum absolute atomic E-state index is 0.0671. The number of hydrogen-bond donors (Lipinski definition) is 2. The van der Waals surface area contributed by atoms with Crippen molar-refractivity contribution in [3.63, 3.8) is 0 Å². The maximum Gasteiger partial charge on any atom is 0.280 e. The van der Waals surface area contributed by atoms with E-state index in [-0.39, 0.29) is 40.8 Å². The summed E-state index contributed by atoms with van der Waals surface area (Å²) in [4.78, 5) is 21.5. The van der Waals surface area contributed by atoms with E-state index >= 15 is 0 Å². The smallest absolute Gasteiger partial charge is 0.280 e. The average molecular weight is 634 g/mol. The van der Waals surface area contributed by atoms with Crippen LogP contribution in [-0.2, 0) is 23.6 Å². The number of nitrogens with one attached hydrogen (secondary N) is 1. The fraction of sp³-hybridized carbons (Fsp3) is 0.333. The van der Waals surface area contributed by atoms with Gasteiger partial charge in [0.15, 0.2) is 5.03 Å². The zero-order valence-corrected chi connectivity index (χ0v) is 26.6. The molecule has 238 valence electrons. The number of nitrogens with zero attached hydrogens (tertiary/aromatic N) is 4. The molecule has 1 aromatic heterocycles. The van der Waals surface area contributed by atoms with Crippen LogP contribution in [0.2, 0.25) is 0 Å². The molecule has 0 radical (unpaired) electrons. The molecular formula is C33H39N5O6S. The van der Waals surface area contributed by atoms with Gasteiger partial charge in [0.05, 0.1) is 24.5 Å². The van der Waals surface area contributed by atoms with Crippen LogP contribution in [0.15, 0.2) is 90.3 Å². The van der Waals surface area contributed by atoms with Crippen molar-refractivity contribution in [2.75, 3.05) is 31.5 Å². The molecule has 5 rings (SSSR count). The number of aliphatic hydroxyl groups excluding tert-OH is 1. The number of sulfonamides is 1. The standard InChI is InChI=1S/C33H39N5O6S/c1-23-17-38(24(2)21-39)33(40)29-16-26(35-45(41,42)32-20-37(4)22-34-32)12-15-30(29)44-31(23)19-36(3)18-25-10-13-28(14-11-25)43-27-8-6-5-7-9-27/h5-16,20,22-24,31,35,39H,17-19,21H2,1-4H3/t23-,24+,31-/m1/s1. The molecule has 4 aromatic rings. The maximum atomic E-state index is 13.8. The molecule has 2 heterocycles. The number of amides is 1. The van der Waals surface area contributed by atoms with E-state index in [1.54, 1.807) is 31.0 Å². The number of rotatable bonds is 11. The van der Waals surface area contributed by atoms with Crippen LogP contribution in [0.1, 0.15) is 29.8 Å². The molecule has 1 aliphatic heterocycles. The zero-order valence-electron chi connectivity index (χ0n) is 25.8. The number of hydrogen-bond acceptors (Lipinski definition) is 8. The van der Waals surface area contributed by atoms with Gasteiger partial charge in [-0.05, 0) is 62.0 Å². The van der Waals surface area contributed by atoms with Gasteiger partial charge < -0.3 is 24.0 Å². The van der Waals surface area contributed by atoms with Gasteiger partial charge in [-0.25, -0.2) is 4.98 Å². The number of carbonyl (C=O) groups excluding carboxylic acids is 1. The molecule has 3 atom stereocenters. The fourth-order valence-corrected chi connectivity index (χ4v) is 6.24. The highest BCUT2D eigenvalue weighted by Gasteiger charge is 2.34. The van der Waals surface area contributed by atoms with Crippen molar-refractivity contribution in [1.82, 2.24) is 19.4 Å². The molecule has 12 heteroatoms. The Kier molecular flexibility index (Phi) is 9.76. The Morgan fingerprint density at radius 3 is 2.49 bits per heavy atom. The Morgan fingerprint density at radius 2 is 1.82 bits per heavy atom. The Morgan fingerprint density at radius 1 is 1.11 bits per heavy atom. The lowest BCUT2D eigenvalue weighted by molar-refractivity contribution is 0.0341. The van der Waals surface area contributed by atoms with E-state index in [1.807, 2.05) is 68.6 Å². The molecule has 0 aliphatic carbocycles. The van der Waals surface area contributed by atoms with Gasteiger partial charge in [0, 0.05) is 44.5 Å². The first kappa shape index (κ1) is 32.0. The van der Waals surface area contributed by atoms with Gasteiger partial charge in [-0.2, -0.15) is 8.42 Å². The fourth-order valence-electron chi connectivity index (χ4n) is 5.21. The summed E-state index contributed by atoms with van der Waals surface area (Å²) in [6, 6.07) is 21.8. The zero-order chi connectivity index (χ0) is 32.1. The highest BCUT2D eigenvalue weighted by atomic mass is 32.2. The normalized spacial score (nSPS) is 17.6. The van der Waals surface area contributed by atoms with Gasteiger partial charge in [0.1, 0.15) is 23.4 Å². The number of fused-ring (bicyclic) bond motifs is 1. The molecule has 1 aliphatic rings. The first-order valence-corrected chi connectivity index (χ1v) is 16.2. The molecule has 0 spiro atoms. The number of likely N-dealkylation sites (N-methyl/N-ethyl adjacent to an activating group) is 1. The van der Waals surface area contributed by atoms with Crippen molar-refractivity contribution < 1.29 is 27.8 Å². The van der Waals surface area contributed by atoms with Crippen LogP contribution >= 0.6 is 0 Å². The number of aromatic nitrogens is 2. The van der Waals surface area contributed by atoms with Crippen LogP contribution in [0.5, 0.6) is 17.2 Å². The minimum atomic E-state index is -3.97. The summed E-state index contributed by atoms with van der Waals surface area (Å²) in [7, 11) is -0.283. The number of imidazole rings is 1. The van der Waals surface area contributed by atoms with Crippen molar-refractivity contribution in [2.45, 2.75) is 37.6 Å². The van der Waals surface area contributed by atoms with Crippen LogP contribution in [0, 0.1) is 5.92 Å². The third kappa shape index (κ3) is 7.83. The molecule has 0 saturated carbocycles. The van der Waals surface area contributed by atoms with E-state index in [2.05, 4.69) is 14.6 Å². The van der Waals surface area contributed by atoms with E-state index in [1.165, 1.54) is 23.2 Å². The Balaban J connectivity index is 1.33. The number of para-hydroxylation sites is 1. The summed E-state index contributed by atoms with van der Waals surface area (Å²) in [5, 5.41) is 9.84. The molecule has 2 N–H and O–H groups in total. The second-order valence-corrected chi connectivity index (χ2v) is 13.2. The summed E-state index contributed by atoms with van der Waals surface area (Å²) in [5.41, 5.74) is 1.52. The second kappa shape index (κ2) is 13.7. The van der Waals surface area contributed by atoms with E-state index in [4.69, 9.17) is 9.47 Å². The number of anilines is 1. The third-order valence-corrected chi connectivity index (χ3v) is 8.99. The average Bonchev–Trinajstić information content (AvgIpc) is 3.47. The maximum absolute atomic E-state index is 13.8. The quantitative estimate of drug-likeness (QED) is 0.250. The first-order chi connectivity index (χ1) is 21.5. The van der Waals surface area contributed by atoms with Crippen LogP contribution in [-0.4, -0.2) is 77.7 Å². The SMILES string of the molecule is C[C@@H]1CN([C@@H](C)CO)C(=O)c2cc(NS(=O)(=O)c3cn(C)cn3)ccc2O[C@@H]1CN(C)Cc1ccc(Oc2ccccc2)cc1. The summed E-state index contributed by atoms with van der Waals surface area (Å²) in [5.74, 6) is 1.47. The number of benzene rings is 3. The van der Waals surface area contributed by atoms with Crippen molar-refractivity contribution >= 4 is 21.6 Å². The largest absolute Gasteiger partial charge is 0.488 e. The Bertz CT molecular complexity index is 1710. The van der Waals surface area contributed by atoms with Crippen molar-refractivity contribution in [3.05, 3.63) is 96.4 Å². The van der Waals surface area contributed by atoms with Gasteiger partial charge in [-0.3, -0.25) is 14.4 Å². The van der Waals surface area contributed by atoms with Crippen molar-refractivity contribution in [2.24, 2.45) is 13.0 Å². The molecule has 0 unspecified atom stereocenters. The summed E-state index contributed by atoms with van der Waals surface area (Å²) in [6.45, 7) is 5.18. The van der Waals surface area contributed by atoms with E-state index in [9.17, 15) is 18.3 Å². The number of ether oxygens (including phenoxy) is 2. The topological polar surface area (TPSA) is 126 Å². The highest BCUT2D eigenvalue weighted by molar-refractivity contribution is 7.92. The van der Waals surface area contributed by atoms with Crippen LogP contribution in [0.4, 0.5) is 5.69 Å². The van der Waals surface area contributed by atoms with Crippen molar-refractivity contribution in [1.29, 1.82) is 0 Å². The molecular weight excluding hydrogens is 594 g/mol. The van der Waals surface area contributed by atoms with Crippen molar-refractivity contribution in [3.8, 4) is 17.2 Å². The van der Waals surface area contributed by atoms with E-state index in [0.717, 1.165) is 17.1 Å². The molecule has 3 aromatic carbocycles. The number of aliphatic hydroxyl groups is 1.